The number of carbonyl (C=O) groups is 1. The second-order valence-corrected chi connectivity index (χ2v) is 4.43. The van der Waals surface area contributed by atoms with Gasteiger partial charge in [-0.3, -0.25) is 4.79 Å². The molecule has 0 radical (unpaired) electrons. The van der Waals surface area contributed by atoms with Gasteiger partial charge in [-0.1, -0.05) is 42.5 Å². The molecular formula is C16H17NO2. The van der Waals surface area contributed by atoms with Crippen molar-refractivity contribution in [2.75, 3.05) is 6.54 Å². The van der Waals surface area contributed by atoms with Gasteiger partial charge < -0.3 is 10.4 Å². The first kappa shape index (κ1) is 13.1. The van der Waals surface area contributed by atoms with Crippen LogP contribution in [-0.4, -0.2) is 17.6 Å². The zero-order chi connectivity index (χ0) is 13.5. The predicted molar refractivity (Wildman–Crippen MR) is 75.0 cm³/mol. The maximum Gasteiger partial charge on any atom is 0.224 e. The zero-order valence-electron chi connectivity index (χ0n) is 10.7. The Kier molecular flexibility index (Phi) is 4.56. The second kappa shape index (κ2) is 6.59. The number of aromatic hydroxyl groups is 1. The van der Waals surface area contributed by atoms with Gasteiger partial charge in [0, 0.05) is 6.54 Å². The molecule has 0 atom stereocenters. The number of carbonyl (C=O) groups excluding carboxylic acids is 1. The van der Waals surface area contributed by atoms with E-state index in [1.165, 1.54) is 0 Å². The Balaban J connectivity index is 1.75. The van der Waals surface area contributed by atoms with Gasteiger partial charge in [-0.2, -0.15) is 0 Å². The SMILES string of the molecule is O=C(Cc1ccccc1)NCCc1cccc(O)c1. The van der Waals surface area contributed by atoms with E-state index in [0.29, 0.717) is 13.0 Å². The lowest BCUT2D eigenvalue weighted by atomic mass is 10.1. The van der Waals surface area contributed by atoms with E-state index in [2.05, 4.69) is 5.32 Å². The molecule has 0 bridgehead atoms. The second-order valence-electron chi connectivity index (χ2n) is 4.43. The summed E-state index contributed by atoms with van der Waals surface area (Å²) in [5.41, 5.74) is 2.03. The highest BCUT2D eigenvalue weighted by Gasteiger charge is 2.02. The van der Waals surface area contributed by atoms with Gasteiger partial charge in [0.25, 0.3) is 0 Å². The largest absolute Gasteiger partial charge is 0.508 e. The molecule has 98 valence electrons. The number of nitrogens with one attached hydrogen (secondary N) is 1. The fraction of sp³-hybridized carbons (Fsp3) is 0.188. The van der Waals surface area contributed by atoms with Crippen LogP contribution in [0.15, 0.2) is 54.6 Å². The number of phenols is 1. The highest BCUT2D eigenvalue weighted by atomic mass is 16.3. The van der Waals surface area contributed by atoms with Crippen molar-refractivity contribution in [2.24, 2.45) is 0 Å². The fourth-order valence-corrected chi connectivity index (χ4v) is 1.90. The molecule has 0 spiro atoms. The van der Waals surface area contributed by atoms with Gasteiger partial charge in [0.05, 0.1) is 6.42 Å². The molecule has 1 amide bonds. The molecule has 0 fully saturated rings. The van der Waals surface area contributed by atoms with Gasteiger partial charge in [-0.15, -0.1) is 0 Å². The lowest BCUT2D eigenvalue weighted by Crippen LogP contribution is -2.27. The first-order valence-electron chi connectivity index (χ1n) is 6.32. The Morgan fingerprint density at radius 1 is 1.00 bits per heavy atom. The molecule has 0 saturated carbocycles. The van der Waals surface area contributed by atoms with Crippen molar-refractivity contribution in [1.29, 1.82) is 0 Å². The van der Waals surface area contributed by atoms with Crippen LogP contribution in [0.25, 0.3) is 0 Å². The summed E-state index contributed by atoms with van der Waals surface area (Å²) in [4.78, 5) is 11.7. The van der Waals surface area contributed by atoms with E-state index in [4.69, 9.17) is 0 Å². The summed E-state index contributed by atoms with van der Waals surface area (Å²) in [7, 11) is 0. The van der Waals surface area contributed by atoms with Crippen LogP contribution in [0.4, 0.5) is 0 Å². The third-order valence-corrected chi connectivity index (χ3v) is 2.85. The quantitative estimate of drug-likeness (QED) is 0.861. The number of hydrogen-bond donors (Lipinski definition) is 2. The van der Waals surface area contributed by atoms with Crippen LogP contribution in [0.3, 0.4) is 0 Å². The van der Waals surface area contributed by atoms with Crippen molar-refractivity contribution in [3.63, 3.8) is 0 Å². The third kappa shape index (κ3) is 4.47. The molecule has 0 aliphatic heterocycles. The van der Waals surface area contributed by atoms with Gasteiger partial charge in [-0.05, 0) is 29.7 Å². The number of hydrogen-bond acceptors (Lipinski definition) is 2. The normalized spacial score (nSPS) is 10.1. The van der Waals surface area contributed by atoms with Gasteiger partial charge in [0.1, 0.15) is 5.75 Å². The van der Waals surface area contributed by atoms with Crippen LogP contribution in [0.2, 0.25) is 0 Å². The highest BCUT2D eigenvalue weighted by Crippen LogP contribution is 2.10. The Morgan fingerprint density at radius 3 is 2.47 bits per heavy atom. The average molecular weight is 255 g/mol. The van der Waals surface area contributed by atoms with Crippen LogP contribution >= 0.6 is 0 Å². The van der Waals surface area contributed by atoms with E-state index < -0.39 is 0 Å². The molecule has 2 N–H and O–H groups in total. The van der Waals surface area contributed by atoms with Crippen LogP contribution in [-0.2, 0) is 17.6 Å². The lowest BCUT2D eigenvalue weighted by Gasteiger charge is -2.06. The summed E-state index contributed by atoms with van der Waals surface area (Å²) in [6.07, 6.45) is 1.12. The average Bonchev–Trinajstić information content (AvgIpc) is 2.40. The Hall–Kier alpha value is -2.29. The highest BCUT2D eigenvalue weighted by molar-refractivity contribution is 5.78. The number of rotatable bonds is 5. The molecule has 0 unspecified atom stereocenters. The molecule has 0 heterocycles. The first-order chi connectivity index (χ1) is 9.24. The summed E-state index contributed by atoms with van der Waals surface area (Å²) in [6, 6.07) is 16.7. The number of phenolic OH excluding ortho intramolecular Hbond substituents is 1. The van der Waals surface area contributed by atoms with Crippen molar-refractivity contribution >= 4 is 5.91 Å². The van der Waals surface area contributed by atoms with Crippen LogP contribution in [0, 0.1) is 0 Å². The topological polar surface area (TPSA) is 49.3 Å². The van der Waals surface area contributed by atoms with Gasteiger partial charge >= 0.3 is 0 Å². The Bertz CT molecular complexity index is 537. The molecule has 2 rings (SSSR count). The summed E-state index contributed by atoms with van der Waals surface area (Å²) in [6.45, 7) is 0.578. The molecule has 2 aromatic rings. The first-order valence-corrected chi connectivity index (χ1v) is 6.32. The zero-order valence-corrected chi connectivity index (χ0v) is 10.7. The Labute approximate surface area is 112 Å². The van der Waals surface area contributed by atoms with Gasteiger partial charge in [0.15, 0.2) is 0 Å². The minimum Gasteiger partial charge on any atom is -0.508 e. The van der Waals surface area contributed by atoms with Crippen molar-refractivity contribution in [3.05, 3.63) is 65.7 Å². The van der Waals surface area contributed by atoms with Crippen molar-refractivity contribution < 1.29 is 9.90 Å². The van der Waals surface area contributed by atoms with Gasteiger partial charge in [0.2, 0.25) is 5.91 Å². The van der Waals surface area contributed by atoms with Crippen LogP contribution in [0.1, 0.15) is 11.1 Å². The maximum atomic E-state index is 11.7. The molecule has 19 heavy (non-hydrogen) atoms. The fourth-order valence-electron chi connectivity index (χ4n) is 1.90. The smallest absolute Gasteiger partial charge is 0.224 e. The van der Waals surface area contributed by atoms with E-state index in [1.807, 2.05) is 36.4 Å². The van der Waals surface area contributed by atoms with Gasteiger partial charge in [-0.25, -0.2) is 0 Å². The van der Waals surface area contributed by atoms with Crippen molar-refractivity contribution in [3.8, 4) is 5.75 Å². The van der Waals surface area contributed by atoms with Crippen LogP contribution < -0.4 is 5.32 Å². The molecule has 3 nitrogen and oxygen atoms in total. The number of amides is 1. The summed E-state index contributed by atoms with van der Waals surface area (Å²) < 4.78 is 0. The molecule has 0 aromatic heterocycles. The van der Waals surface area contributed by atoms with E-state index in [1.54, 1.807) is 18.2 Å². The maximum absolute atomic E-state index is 11.7. The molecule has 0 aliphatic rings. The molecule has 0 saturated heterocycles. The van der Waals surface area contributed by atoms with E-state index >= 15 is 0 Å². The summed E-state index contributed by atoms with van der Waals surface area (Å²) in [5.74, 6) is 0.277. The third-order valence-electron chi connectivity index (χ3n) is 2.85. The number of benzene rings is 2. The molecular weight excluding hydrogens is 238 g/mol. The minimum atomic E-state index is 0.0198. The van der Waals surface area contributed by atoms with E-state index in [9.17, 15) is 9.90 Å². The summed E-state index contributed by atoms with van der Waals surface area (Å²) in [5, 5.41) is 12.2. The van der Waals surface area contributed by atoms with E-state index in [-0.39, 0.29) is 11.7 Å². The summed E-state index contributed by atoms with van der Waals surface area (Å²) >= 11 is 0. The van der Waals surface area contributed by atoms with E-state index in [0.717, 1.165) is 17.5 Å². The van der Waals surface area contributed by atoms with Crippen molar-refractivity contribution in [1.82, 2.24) is 5.32 Å². The van der Waals surface area contributed by atoms with Crippen molar-refractivity contribution in [2.45, 2.75) is 12.8 Å². The standard InChI is InChI=1S/C16H17NO2/c18-15-8-4-7-14(11-15)9-10-17-16(19)12-13-5-2-1-3-6-13/h1-8,11,18H,9-10,12H2,(H,17,19). The Morgan fingerprint density at radius 2 is 1.74 bits per heavy atom. The molecule has 0 aliphatic carbocycles. The lowest BCUT2D eigenvalue weighted by molar-refractivity contribution is -0.120. The minimum absolute atomic E-state index is 0.0198. The molecule has 3 heteroatoms. The van der Waals surface area contributed by atoms with Crippen LogP contribution in [0.5, 0.6) is 5.75 Å². The molecule has 2 aromatic carbocycles. The monoisotopic (exact) mass is 255 g/mol. The predicted octanol–water partition coefficient (Wildman–Crippen LogP) is 2.29.